The molecule has 0 bridgehead atoms. The van der Waals surface area contributed by atoms with Crippen LogP contribution in [0.5, 0.6) is 0 Å². The molecule has 6 unspecified atom stereocenters. The molecule has 21 heteroatoms. The highest BCUT2D eigenvalue weighted by atomic mass is 32.2. The lowest BCUT2D eigenvalue weighted by Gasteiger charge is -2.34. The molecule has 4 aromatic heterocycles. The molecule has 0 amide bonds. The molecule has 0 aromatic carbocycles. The van der Waals surface area contributed by atoms with Crippen molar-refractivity contribution in [2.75, 3.05) is 24.7 Å². The number of nitrogens with zero attached hydrogens (tertiary/aromatic N) is 7. The Balaban J connectivity index is 1.09. The number of aromatic nitrogens is 8. The number of nitrogens with one attached hydrogen (secondary N) is 1. The summed E-state index contributed by atoms with van der Waals surface area (Å²) in [4.78, 5) is 45.8. The Hall–Kier alpha value is -3.20. The van der Waals surface area contributed by atoms with Gasteiger partial charge in [-0.1, -0.05) is 0 Å². The lowest BCUT2D eigenvalue weighted by molar-refractivity contribution is -0.167. The monoisotopic (exact) mass is 638 g/mol. The van der Waals surface area contributed by atoms with Crippen LogP contribution in [0.1, 0.15) is 18.0 Å². The number of aromatic amines is 1. The lowest BCUT2D eigenvalue weighted by atomic mass is 10.1. The molecule has 6 heterocycles. The maximum Gasteiger partial charge on any atom is 0.472 e. The first kappa shape index (κ1) is 28.6. The number of thioether (sulfide) groups is 1. The second kappa shape index (κ2) is 10.5. The van der Waals surface area contributed by atoms with Crippen molar-refractivity contribution in [1.82, 2.24) is 39.0 Å². The van der Waals surface area contributed by atoms with Gasteiger partial charge in [0.2, 0.25) is 5.95 Å². The van der Waals surface area contributed by atoms with E-state index in [4.69, 9.17) is 25.3 Å². The second-order valence-corrected chi connectivity index (χ2v) is 13.3. The Kier molecular flexibility index (Phi) is 6.95. The van der Waals surface area contributed by atoms with Crippen molar-refractivity contribution in [1.29, 1.82) is 0 Å². The first-order valence-corrected chi connectivity index (χ1v) is 15.6. The number of phosphoric ester groups is 1. The third kappa shape index (κ3) is 4.88. The summed E-state index contributed by atoms with van der Waals surface area (Å²) >= 11 is 1.04. The molecule has 2 aliphatic heterocycles. The standard InChI is InChI=1S/C22H27N10O9PS/c23-16-11-17(26-4-25-16)31(5-27-11)20-13(34)8-1-7(8)9(40-20)3-39-42(37,38)41-15-14(35)10(2-33)43-21(15)32-6-28-12-18(32)29-22(24)30-19(12)36/h4-10,13-15,20-21,33-35H,1-3H2,(H,37,38)(H2,23,25,26)(H3,24,29,30,36)/t7?,8?,9-,10-,13?,14?,15?,20-,21-/m1/s1. The molecule has 0 radical (unpaired) electrons. The van der Waals surface area contributed by atoms with E-state index in [2.05, 4.69) is 29.9 Å². The molecular formula is C22H27N10O9PS. The predicted molar refractivity (Wildman–Crippen MR) is 148 cm³/mol. The van der Waals surface area contributed by atoms with Gasteiger partial charge in [-0.25, -0.2) is 24.5 Å². The van der Waals surface area contributed by atoms with E-state index >= 15 is 0 Å². The Morgan fingerprint density at radius 1 is 1.09 bits per heavy atom. The molecule has 3 fully saturated rings. The van der Waals surface area contributed by atoms with E-state index in [1.807, 2.05) is 0 Å². The summed E-state index contributed by atoms with van der Waals surface area (Å²) in [6, 6.07) is 0. The van der Waals surface area contributed by atoms with Crippen molar-refractivity contribution in [2.45, 2.75) is 47.7 Å². The average Bonchev–Trinajstić information content (AvgIpc) is 3.33. The van der Waals surface area contributed by atoms with Gasteiger partial charge in [-0.05, 0) is 18.3 Å². The van der Waals surface area contributed by atoms with Crippen molar-refractivity contribution >= 4 is 53.7 Å². The molecule has 43 heavy (non-hydrogen) atoms. The van der Waals surface area contributed by atoms with Crippen LogP contribution in [0.3, 0.4) is 0 Å². The van der Waals surface area contributed by atoms with Gasteiger partial charge in [0.25, 0.3) is 5.56 Å². The Morgan fingerprint density at radius 2 is 1.86 bits per heavy atom. The molecule has 10 atom stereocenters. The summed E-state index contributed by atoms with van der Waals surface area (Å²) in [7, 11) is -4.85. The van der Waals surface area contributed by atoms with Crippen molar-refractivity contribution in [3.05, 3.63) is 29.3 Å². The van der Waals surface area contributed by atoms with Crippen molar-refractivity contribution in [3.63, 3.8) is 0 Å². The fourth-order valence-corrected chi connectivity index (χ4v) is 8.21. The molecule has 1 saturated carbocycles. The third-order valence-corrected chi connectivity index (χ3v) is 10.5. The van der Waals surface area contributed by atoms with Gasteiger partial charge < -0.3 is 36.4 Å². The number of aliphatic hydroxyl groups is 3. The number of phosphoric acid groups is 1. The second-order valence-electron chi connectivity index (χ2n) is 10.5. The van der Waals surface area contributed by atoms with Gasteiger partial charge in [0.15, 0.2) is 28.9 Å². The number of aliphatic hydroxyl groups excluding tert-OH is 3. The fourth-order valence-electron chi connectivity index (χ4n) is 5.76. The van der Waals surface area contributed by atoms with E-state index < -0.39 is 61.3 Å². The van der Waals surface area contributed by atoms with Gasteiger partial charge in [-0.2, -0.15) is 4.98 Å². The van der Waals surface area contributed by atoms with E-state index in [0.717, 1.165) is 11.8 Å². The van der Waals surface area contributed by atoms with Crippen LogP contribution in [0, 0.1) is 11.8 Å². The van der Waals surface area contributed by atoms with Crippen LogP contribution in [0.15, 0.2) is 23.8 Å². The topological polar surface area (TPSA) is 285 Å². The minimum absolute atomic E-state index is 0.0380. The van der Waals surface area contributed by atoms with E-state index in [0.29, 0.717) is 17.6 Å². The van der Waals surface area contributed by atoms with Crippen LogP contribution in [0.4, 0.5) is 11.8 Å². The van der Waals surface area contributed by atoms with Crippen LogP contribution in [0.25, 0.3) is 22.3 Å². The lowest BCUT2D eigenvalue weighted by Crippen LogP contribution is -2.40. The summed E-state index contributed by atoms with van der Waals surface area (Å²) in [6.07, 6.45) is -0.721. The SMILES string of the molecule is Nc1nc2c(ncn2[C@@H]2S[C@H](CO)C(O)C2OP(=O)(O)OC[C@H]2O[C@@H](n3cnc4c(N)ncnc43)C(O)C3CC32)c(=O)[nH]1. The molecule has 7 rings (SSSR count). The Labute approximate surface area is 244 Å². The molecule has 0 spiro atoms. The molecule has 19 nitrogen and oxygen atoms in total. The fraction of sp³-hybridized carbons (Fsp3) is 0.545. The van der Waals surface area contributed by atoms with Gasteiger partial charge >= 0.3 is 7.82 Å². The first-order valence-electron chi connectivity index (χ1n) is 13.1. The van der Waals surface area contributed by atoms with Crippen LogP contribution in [0.2, 0.25) is 0 Å². The van der Waals surface area contributed by atoms with Gasteiger partial charge in [0.05, 0.1) is 43.3 Å². The van der Waals surface area contributed by atoms with Crippen LogP contribution < -0.4 is 17.0 Å². The maximum absolute atomic E-state index is 13.2. The predicted octanol–water partition coefficient (Wildman–Crippen LogP) is -1.51. The molecule has 1 aliphatic carbocycles. The largest absolute Gasteiger partial charge is 0.472 e. The molecular weight excluding hydrogens is 611 g/mol. The number of anilines is 2. The Morgan fingerprint density at radius 3 is 2.65 bits per heavy atom. The molecule has 2 saturated heterocycles. The summed E-state index contributed by atoms with van der Waals surface area (Å²) in [5.41, 5.74) is 11.7. The highest BCUT2D eigenvalue weighted by Gasteiger charge is 2.56. The number of rotatable bonds is 8. The highest BCUT2D eigenvalue weighted by Crippen LogP contribution is 2.56. The van der Waals surface area contributed by atoms with E-state index in [1.165, 1.54) is 28.1 Å². The zero-order chi connectivity index (χ0) is 30.2. The number of imidazole rings is 2. The van der Waals surface area contributed by atoms with Gasteiger partial charge in [0, 0.05) is 0 Å². The molecule has 9 N–H and O–H groups in total. The molecule has 230 valence electrons. The number of fused-ring (bicyclic) bond motifs is 3. The summed E-state index contributed by atoms with van der Waals surface area (Å²) in [5, 5.41) is 29.9. The van der Waals surface area contributed by atoms with Crippen molar-refractivity contribution in [2.24, 2.45) is 11.8 Å². The van der Waals surface area contributed by atoms with Crippen LogP contribution >= 0.6 is 19.6 Å². The van der Waals surface area contributed by atoms with Crippen molar-refractivity contribution in [3.8, 4) is 0 Å². The normalized spacial score (nSPS) is 33.5. The zero-order valence-electron chi connectivity index (χ0n) is 22.0. The minimum Gasteiger partial charge on any atom is -0.395 e. The number of H-pyrrole nitrogens is 1. The number of ether oxygens (including phenoxy) is 1. The van der Waals surface area contributed by atoms with E-state index in [-0.39, 0.29) is 41.4 Å². The highest BCUT2D eigenvalue weighted by molar-refractivity contribution is 8.00. The third-order valence-electron chi connectivity index (χ3n) is 7.95. The quantitative estimate of drug-likeness (QED) is 0.108. The minimum atomic E-state index is -4.85. The molecule has 3 aliphatic rings. The number of nitrogen functional groups attached to an aromatic ring is 2. The summed E-state index contributed by atoms with van der Waals surface area (Å²) in [6.45, 7) is -0.836. The maximum atomic E-state index is 13.2. The van der Waals surface area contributed by atoms with Crippen molar-refractivity contribution < 1.29 is 38.6 Å². The van der Waals surface area contributed by atoms with Gasteiger partial charge in [-0.15, -0.1) is 11.8 Å². The van der Waals surface area contributed by atoms with Gasteiger partial charge in [-0.3, -0.25) is 28.0 Å². The number of nitrogens with two attached hydrogens (primary N) is 2. The summed E-state index contributed by atoms with van der Waals surface area (Å²) in [5.74, 6) is -0.292. The number of hydrogen-bond acceptors (Lipinski definition) is 16. The summed E-state index contributed by atoms with van der Waals surface area (Å²) < 4.78 is 33.1. The zero-order valence-corrected chi connectivity index (χ0v) is 23.7. The first-order chi connectivity index (χ1) is 20.6. The van der Waals surface area contributed by atoms with Crippen LogP contribution in [-0.2, 0) is 18.3 Å². The Bertz CT molecular complexity index is 1800. The van der Waals surface area contributed by atoms with E-state index in [1.54, 1.807) is 0 Å². The smallest absolute Gasteiger partial charge is 0.395 e. The number of hydrogen-bond donors (Lipinski definition) is 7. The molecule has 4 aromatic rings. The average molecular weight is 639 g/mol. The van der Waals surface area contributed by atoms with Gasteiger partial charge in [0.1, 0.15) is 29.4 Å². The van der Waals surface area contributed by atoms with E-state index in [9.17, 15) is 29.6 Å². The van der Waals surface area contributed by atoms with Crippen LogP contribution in [-0.4, -0.2) is 102 Å².